The van der Waals surface area contributed by atoms with Gasteiger partial charge in [-0.15, -0.1) is 0 Å². The van der Waals surface area contributed by atoms with Crippen molar-refractivity contribution < 1.29 is 13.9 Å². The molecule has 4 nitrogen and oxygen atoms in total. The van der Waals surface area contributed by atoms with E-state index >= 15 is 0 Å². The van der Waals surface area contributed by atoms with Crippen LogP contribution in [0.4, 0.5) is 0 Å². The number of oxazole rings is 1. The monoisotopic (exact) mass is 267 g/mol. The Bertz CT molecular complexity index is 379. The van der Waals surface area contributed by atoms with Crippen molar-refractivity contribution in [3.63, 3.8) is 0 Å². The number of rotatable bonds is 6. The highest BCUT2D eigenvalue weighted by Crippen LogP contribution is 2.19. The van der Waals surface area contributed by atoms with Crippen LogP contribution in [0.3, 0.4) is 0 Å². The number of hydrogen-bond donors (Lipinski definition) is 0. The van der Waals surface area contributed by atoms with E-state index in [0.29, 0.717) is 5.92 Å². The van der Waals surface area contributed by atoms with Gasteiger partial charge in [-0.05, 0) is 39.5 Å². The number of carbonyl (C=O) groups excluding carboxylic acids is 1. The van der Waals surface area contributed by atoms with Crippen molar-refractivity contribution in [1.29, 1.82) is 0 Å². The van der Waals surface area contributed by atoms with Crippen LogP contribution in [0.15, 0.2) is 16.9 Å². The summed E-state index contributed by atoms with van der Waals surface area (Å²) in [5, 5.41) is 0. The number of carbonyl (C=O) groups is 1. The smallest absolute Gasteiger partial charge is 0.309 e. The molecule has 0 N–H and O–H groups in total. The van der Waals surface area contributed by atoms with E-state index in [4.69, 9.17) is 9.15 Å². The van der Waals surface area contributed by atoms with Gasteiger partial charge in [-0.2, -0.15) is 0 Å². The van der Waals surface area contributed by atoms with Gasteiger partial charge in [-0.1, -0.05) is 13.8 Å². The Morgan fingerprint density at radius 3 is 2.58 bits per heavy atom. The van der Waals surface area contributed by atoms with Gasteiger partial charge in [0.1, 0.15) is 11.9 Å². The van der Waals surface area contributed by atoms with Crippen molar-refractivity contribution in [3.05, 3.63) is 18.4 Å². The average Bonchev–Trinajstić information content (AvgIpc) is 2.76. The first-order valence-corrected chi connectivity index (χ1v) is 6.89. The Labute approximate surface area is 115 Å². The van der Waals surface area contributed by atoms with E-state index in [1.54, 1.807) is 12.5 Å². The van der Waals surface area contributed by atoms with Gasteiger partial charge in [0.05, 0.1) is 12.1 Å². The van der Waals surface area contributed by atoms with Crippen LogP contribution < -0.4 is 0 Å². The first kappa shape index (κ1) is 15.7. The standard InChI is InChI=1S/C15H25NO3/c1-11(10-13-16-8-9-18-13)6-7-12(2)14(17)19-15(3,4)5/h8-9,11-12H,6-7,10H2,1-5H3. The maximum absolute atomic E-state index is 11.8. The van der Waals surface area contributed by atoms with Crippen molar-refractivity contribution in [2.24, 2.45) is 11.8 Å². The lowest BCUT2D eigenvalue weighted by Crippen LogP contribution is -2.27. The highest BCUT2D eigenvalue weighted by molar-refractivity contribution is 5.72. The molecule has 0 aromatic carbocycles. The third-order valence-electron chi connectivity index (χ3n) is 2.91. The van der Waals surface area contributed by atoms with Crippen LogP contribution >= 0.6 is 0 Å². The fourth-order valence-corrected chi connectivity index (χ4v) is 1.81. The molecular formula is C15H25NO3. The van der Waals surface area contributed by atoms with E-state index in [2.05, 4.69) is 11.9 Å². The largest absolute Gasteiger partial charge is 0.460 e. The minimum atomic E-state index is -0.408. The Morgan fingerprint density at radius 2 is 2.05 bits per heavy atom. The number of aromatic nitrogens is 1. The predicted molar refractivity (Wildman–Crippen MR) is 73.6 cm³/mol. The SMILES string of the molecule is CC(CCC(C)C(=O)OC(C)(C)C)Cc1ncco1. The molecule has 0 saturated carbocycles. The van der Waals surface area contributed by atoms with E-state index in [1.165, 1.54) is 0 Å². The maximum Gasteiger partial charge on any atom is 0.309 e. The first-order valence-electron chi connectivity index (χ1n) is 6.89. The third kappa shape index (κ3) is 6.41. The highest BCUT2D eigenvalue weighted by atomic mass is 16.6. The zero-order chi connectivity index (χ0) is 14.5. The summed E-state index contributed by atoms with van der Waals surface area (Å²) in [5.41, 5.74) is -0.408. The van der Waals surface area contributed by atoms with Gasteiger partial charge >= 0.3 is 5.97 Å². The highest BCUT2D eigenvalue weighted by Gasteiger charge is 2.22. The molecule has 2 atom stereocenters. The van der Waals surface area contributed by atoms with Crippen LogP contribution in [0.2, 0.25) is 0 Å². The van der Waals surface area contributed by atoms with Crippen molar-refractivity contribution in [3.8, 4) is 0 Å². The summed E-state index contributed by atoms with van der Waals surface area (Å²) in [7, 11) is 0. The molecule has 0 radical (unpaired) electrons. The zero-order valence-corrected chi connectivity index (χ0v) is 12.6. The van der Waals surface area contributed by atoms with Crippen molar-refractivity contribution in [2.45, 2.75) is 59.5 Å². The summed E-state index contributed by atoms with van der Waals surface area (Å²) in [4.78, 5) is 15.9. The second kappa shape index (κ2) is 6.73. The van der Waals surface area contributed by atoms with E-state index in [1.807, 2.05) is 27.7 Å². The van der Waals surface area contributed by atoms with Crippen molar-refractivity contribution in [2.75, 3.05) is 0 Å². The molecule has 19 heavy (non-hydrogen) atoms. The molecule has 0 aliphatic rings. The molecule has 0 saturated heterocycles. The molecule has 1 rings (SSSR count). The topological polar surface area (TPSA) is 52.3 Å². The lowest BCUT2D eigenvalue weighted by atomic mass is 9.95. The van der Waals surface area contributed by atoms with Crippen LogP contribution in [0, 0.1) is 11.8 Å². The fraction of sp³-hybridized carbons (Fsp3) is 0.733. The van der Waals surface area contributed by atoms with E-state index < -0.39 is 5.60 Å². The first-order chi connectivity index (χ1) is 8.78. The molecule has 1 aromatic heterocycles. The van der Waals surface area contributed by atoms with Crippen LogP contribution in [-0.4, -0.2) is 16.6 Å². The normalized spacial score (nSPS) is 15.0. The third-order valence-corrected chi connectivity index (χ3v) is 2.91. The Morgan fingerprint density at radius 1 is 1.37 bits per heavy atom. The Hall–Kier alpha value is -1.32. The van der Waals surface area contributed by atoms with E-state index in [9.17, 15) is 4.79 Å². The second-order valence-electron chi connectivity index (χ2n) is 6.25. The van der Waals surface area contributed by atoms with Crippen molar-refractivity contribution >= 4 is 5.97 Å². The molecule has 2 unspecified atom stereocenters. The van der Waals surface area contributed by atoms with Gasteiger partial charge in [0, 0.05) is 6.42 Å². The lowest BCUT2D eigenvalue weighted by Gasteiger charge is -2.22. The molecule has 0 aliphatic heterocycles. The molecule has 0 amide bonds. The van der Waals surface area contributed by atoms with Gasteiger partial charge in [0.15, 0.2) is 5.89 Å². The van der Waals surface area contributed by atoms with E-state index in [0.717, 1.165) is 25.2 Å². The summed E-state index contributed by atoms with van der Waals surface area (Å²) in [5.74, 6) is 1.03. The summed E-state index contributed by atoms with van der Waals surface area (Å²) in [6, 6.07) is 0. The quantitative estimate of drug-likeness (QED) is 0.739. The molecule has 1 aromatic rings. The Kier molecular flexibility index (Phi) is 5.58. The molecule has 108 valence electrons. The summed E-state index contributed by atoms with van der Waals surface area (Å²) in [6.07, 6.45) is 5.85. The number of esters is 1. The minimum absolute atomic E-state index is 0.0637. The van der Waals surface area contributed by atoms with Gasteiger partial charge in [0.2, 0.25) is 0 Å². The second-order valence-corrected chi connectivity index (χ2v) is 6.25. The molecule has 0 aliphatic carbocycles. The maximum atomic E-state index is 11.8. The molecular weight excluding hydrogens is 242 g/mol. The van der Waals surface area contributed by atoms with Gasteiger partial charge < -0.3 is 9.15 Å². The number of ether oxygens (including phenoxy) is 1. The molecule has 0 bridgehead atoms. The molecule has 1 heterocycles. The molecule has 0 fully saturated rings. The number of nitrogens with zero attached hydrogens (tertiary/aromatic N) is 1. The lowest BCUT2D eigenvalue weighted by molar-refractivity contribution is -0.159. The van der Waals surface area contributed by atoms with E-state index in [-0.39, 0.29) is 11.9 Å². The summed E-state index contributed by atoms with van der Waals surface area (Å²) in [6.45, 7) is 9.74. The number of hydrogen-bond acceptors (Lipinski definition) is 4. The van der Waals surface area contributed by atoms with Gasteiger partial charge in [0.25, 0.3) is 0 Å². The predicted octanol–water partition coefficient (Wildman–Crippen LogP) is 3.61. The van der Waals surface area contributed by atoms with Crippen LogP contribution in [0.25, 0.3) is 0 Å². The zero-order valence-electron chi connectivity index (χ0n) is 12.6. The molecule has 0 spiro atoms. The summed E-state index contributed by atoms with van der Waals surface area (Å²) >= 11 is 0. The van der Waals surface area contributed by atoms with Gasteiger partial charge in [-0.3, -0.25) is 4.79 Å². The Balaban J connectivity index is 2.29. The average molecular weight is 267 g/mol. The van der Waals surface area contributed by atoms with Crippen LogP contribution in [0.1, 0.15) is 53.4 Å². The minimum Gasteiger partial charge on any atom is -0.460 e. The summed E-state index contributed by atoms with van der Waals surface area (Å²) < 4.78 is 10.6. The van der Waals surface area contributed by atoms with Crippen molar-refractivity contribution in [1.82, 2.24) is 4.98 Å². The molecule has 4 heteroatoms. The fourth-order valence-electron chi connectivity index (χ4n) is 1.81. The van der Waals surface area contributed by atoms with Gasteiger partial charge in [-0.25, -0.2) is 4.98 Å². The van der Waals surface area contributed by atoms with Crippen LogP contribution in [0.5, 0.6) is 0 Å². The van der Waals surface area contributed by atoms with Crippen LogP contribution in [-0.2, 0) is 16.0 Å².